The highest BCUT2D eigenvalue weighted by atomic mass is 16.4. The third kappa shape index (κ3) is 2.67. The van der Waals surface area contributed by atoms with Gasteiger partial charge in [0.25, 0.3) is 5.91 Å². The van der Waals surface area contributed by atoms with Gasteiger partial charge in [-0.25, -0.2) is 4.98 Å². The number of carbonyl (C=O) groups is 2. The minimum absolute atomic E-state index is 0.0233. The van der Waals surface area contributed by atoms with Gasteiger partial charge < -0.3 is 10.4 Å². The first-order chi connectivity index (χ1) is 8.51. The summed E-state index contributed by atoms with van der Waals surface area (Å²) < 4.78 is 0. The van der Waals surface area contributed by atoms with Crippen LogP contribution in [-0.2, 0) is 4.79 Å². The molecular formula is C13H16N2O3. The molecule has 1 amide bonds. The van der Waals surface area contributed by atoms with E-state index in [1.54, 1.807) is 12.1 Å². The van der Waals surface area contributed by atoms with E-state index in [1.807, 2.05) is 13.0 Å². The lowest BCUT2D eigenvalue weighted by atomic mass is 9.74. The van der Waals surface area contributed by atoms with Crippen molar-refractivity contribution < 1.29 is 14.7 Å². The summed E-state index contributed by atoms with van der Waals surface area (Å²) in [5.41, 5.74) is 0.532. The monoisotopic (exact) mass is 248 g/mol. The molecule has 1 saturated carbocycles. The number of pyridine rings is 1. The van der Waals surface area contributed by atoms with E-state index >= 15 is 0 Å². The molecule has 2 N–H and O–H groups in total. The number of hydrogen-bond donors (Lipinski definition) is 2. The Balaban J connectivity index is 2.08. The van der Waals surface area contributed by atoms with E-state index in [0.29, 0.717) is 5.69 Å². The SMILES string of the molecule is Cc1cccc(C(=O)NC2(CC(=O)O)CCC2)n1. The van der Waals surface area contributed by atoms with Crippen molar-refractivity contribution in [3.05, 3.63) is 29.6 Å². The number of aliphatic carboxylic acids is 1. The molecule has 1 aromatic heterocycles. The van der Waals surface area contributed by atoms with Crippen LogP contribution in [0.2, 0.25) is 0 Å². The highest BCUT2D eigenvalue weighted by Gasteiger charge is 2.40. The Bertz CT molecular complexity index is 481. The molecular weight excluding hydrogens is 232 g/mol. The van der Waals surface area contributed by atoms with Gasteiger partial charge in [0.05, 0.1) is 12.0 Å². The first-order valence-electron chi connectivity index (χ1n) is 5.99. The van der Waals surface area contributed by atoms with Gasteiger partial charge >= 0.3 is 5.97 Å². The molecule has 0 radical (unpaired) electrons. The molecule has 0 aromatic carbocycles. The number of rotatable bonds is 4. The van der Waals surface area contributed by atoms with Crippen LogP contribution < -0.4 is 5.32 Å². The molecule has 0 saturated heterocycles. The van der Waals surface area contributed by atoms with Crippen molar-refractivity contribution >= 4 is 11.9 Å². The molecule has 18 heavy (non-hydrogen) atoms. The Morgan fingerprint density at radius 1 is 1.44 bits per heavy atom. The molecule has 0 spiro atoms. The fraction of sp³-hybridized carbons (Fsp3) is 0.462. The van der Waals surface area contributed by atoms with Crippen molar-refractivity contribution in [3.8, 4) is 0 Å². The van der Waals surface area contributed by atoms with Gasteiger partial charge in [-0.05, 0) is 38.3 Å². The number of aromatic nitrogens is 1. The maximum Gasteiger partial charge on any atom is 0.305 e. The smallest absolute Gasteiger partial charge is 0.305 e. The average molecular weight is 248 g/mol. The van der Waals surface area contributed by atoms with E-state index in [-0.39, 0.29) is 12.3 Å². The molecule has 1 heterocycles. The summed E-state index contributed by atoms with van der Waals surface area (Å²) in [5, 5.41) is 11.7. The van der Waals surface area contributed by atoms with Crippen LogP contribution in [0.3, 0.4) is 0 Å². The summed E-state index contributed by atoms with van der Waals surface area (Å²) >= 11 is 0. The number of carboxylic acids is 1. The standard InChI is InChI=1S/C13H16N2O3/c1-9-4-2-5-10(14-9)12(18)15-13(6-3-7-13)8-11(16)17/h2,4-5H,3,6-8H2,1H3,(H,15,18)(H,16,17). The summed E-state index contributed by atoms with van der Waals surface area (Å²) in [4.78, 5) is 27.0. The molecule has 0 atom stereocenters. The number of nitrogens with one attached hydrogen (secondary N) is 1. The van der Waals surface area contributed by atoms with Gasteiger partial charge in [0.2, 0.25) is 0 Å². The lowest BCUT2D eigenvalue weighted by molar-refractivity contribution is -0.139. The third-order valence-electron chi connectivity index (χ3n) is 3.30. The second-order valence-corrected chi connectivity index (χ2v) is 4.82. The molecule has 5 nitrogen and oxygen atoms in total. The fourth-order valence-electron chi connectivity index (χ4n) is 2.21. The van der Waals surface area contributed by atoms with Gasteiger partial charge in [-0.3, -0.25) is 9.59 Å². The molecule has 0 bridgehead atoms. The summed E-state index contributed by atoms with van der Waals surface area (Å²) in [5.74, 6) is -1.17. The van der Waals surface area contributed by atoms with Gasteiger partial charge in [0.1, 0.15) is 5.69 Å². The summed E-state index contributed by atoms with van der Waals surface area (Å²) in [6.07, 6.45) is 2.37. The van der Waals surface area contributed by atoms with E-state index in [0.717, 1.165) is 25.0 Å². The van der Waals surface area contributed by atoms with Crippen molar-refractivity contribution in [2.45, 2.75) is 38.1 Å². The Hall–Kier alpha value is -1.91. The minimum atomic E-state index is -0.882. The predicted octanol–water partition coefficient (Wildman–Crippen LogP) is 1.52. The molecule has 1 aliphatic rings. The second kappa shape index (κ2) is 4.76. The number of amides is 1. The highest BCUT2D eigenvalue weighted by molar-refractivity contribution is 5.93. The molecule has 0 aliphatic heterocycles. The summed E-state index contributed by atoms with van der Waals surface area (Å²) in [6, 6.07) is 5.21. The summed E-state index contributed by atoms with van der Waals surface area (Å²) in [6.45, 7) is 1.81. The van der Waals surface area contributed by atoms with Gasteiger partial charge in [-0.1, -0.05) is 6.07 Å². The molecule has 1 aliphatic carbocycles. The van der Waals surface area contributed by atoms with Crippen LogP contribution in [-0.4, -0.2) is 27.5 Å². The van der Waals surface area contributed by atoms with Gasteiger partial charge in [-0.2, -0.15) is 0 Å². The Morgan fingerprint density at radius 2 is 2.17 bits per heavy atom. The zero-order chi connectivity index (χ0) is 13.2. The molecule has 96 valence electrons. The number of aryl methyl sites for hydroxylation is 1. The number of carboxylic acid groups (broad SMARTS) is 1. The topological polar surface area (TPSA) is 79.3 Å². The Kier molecular flexibility index (Phi) is 3.32. The van der Waals surface area contributed by atoms with Crippen LogP contribution in [0.5, 0.6) is 0 Å². The number of carbonyl (C=O) groups excluding carboxylic acids is 1. The van der Waals surface area contributed by atoms with E-state index in [2.05, 4.69) is 10.3 Å². The number of nitrogens with zero attached hydrogens (tertiary/aromatic N) is 1. The van der Waals surface area contributed by atoms with Crippen molar-refractivity contribution in [1.82, 2.24) is 10.3 Å². The van der Waals surface area contributed by atoms with Crippen LogP contribution in [0.1, 0.15) is 41.9 Å². The third-order valence-corrected chi connectivity index (χ3v) is 3.30. The normalized spacial score (nSPS) is 16.7. The largest absolute Gasteiger partial charge is 0.481 e. The van der Waals surface area contributed by atoms with E-state index in [9.17, 15) is 9.59 Å². The zero-order valence-electron chi connectivity index (χ0n) is 10.3. The highest BCUT2D eigenvalue weighted by Crippen LogP contribution is 2.35. The first-order valence-corrected chi connectivity index (χ1v) is 5.99. The Morgan fingerprint density at radius 3 is 2.67 bits per heavy atom. The fourth-order valence-corrected chi connectivity index (χ4v) is 2.21. The van der Waals surface area contributed by atoms with Crippen LogP contribution in [0, 0.1) is 6.92 Å². The molecule has 5 heteroatoms. The van der Waals surface area contributed by atoms with Crippen LogP contribution in [0.15, 0.2) is 18.2 Å². The quantitative estimate of drug-likeness (QED) is 0.846. The molecule has 2 rings (SSSR count). The Labute approximate surface area is 105 Å². The van der Waals surface area contributed by atoms with E-state index < -0.39 is 11.5 Å². The summed E-state index contributed by atoms with van der Waals surface area (Å²) in [7, 11) is 0. The van der Waals surface area contributed by atoms with Crippen LogP contribution >= 0.6 is 0 Å². The minimum Gasteiger partial charge on any atom is -0.481 e. The van der Waals surface area contributed by atoms with Crippen LogP contribution in [0.4, 0.5) is 0 Å². The van der Waals surface area contributed by atoms with Gasteiger partial charge in [0.15, 0.2) is 0 Å². The van der Waals surface area contributed by atoms with E-state index in [4.69, 9.17) is 5.11 Å². The van der Waals surface area contributed by atoms with Gasteiger partial charge in [-0.15, -0.1) is 0 Å². The average Bonchev–Trinajstić information content (AvgIpc) is 2.25. The number of hydrogen-bond acceptors (Lipinski definition) is 3. The lowest BCUT2D eigenvalue weighted by Gasteiger charge is -2.41. The maximum absolute atomic E-state index is 12.0. The molecule has 1 aromatic rings. The van der Waals surface area contributed by atoms with Crippen LogP contribution in [0.25, 0.3) is 0 Å². The maximum atomic E-state index is 12.0. The van der Waals surface area contributed by atoms with Gasteiger partial charge in [0, 0.05) is 5.69 Å². The van der Waals surface area contributed by atoms with E-state index in [1.165, 1.54) is 0 Å². The predicted molar refractivity (Wildman–Crippen MR) is 65.3 cm³/mol. The zero-order valence-corrected chi connectivity index (χ0v) is 10.3. The first kappa shape index (κ1) is 12.5. The second-order valence-electron chi connectivity index (χ2n) is 4.82. The van der Waals surface area contributed by atoms with Crippen molar-refractivity contribution in [1.29, 1.82) is 0 Å². The molecule has 0 unspecified atom stereocenters. The lowest BCUT2D eigenvalue weighted by Crippen LogP contribution is -2.54. The van der Waals surface area contributed by atoms with Crippen molar-refractivity contribution in [3.63, 3.8) is 0 Å². The van der Waals surface area contributed by atoms with Crippen molar-refractivity contribution in [2.75, 3.05) is 0 Å². The van der Waals surface area contributed by atoms with Crippen molar-refractivity contribution in [2.24, 2.45) is 0 Å². The molecule has 1 fully saturated rings.